The summed E-state index contributed by atoms with van der Waals surface area (Å²) in [6.45, 7) is 1.73. The van der Waals surface area contributed by atoms with Crippen LogP contribution in [0.1, 0.15) is 6.92 Å². The van der Waals surface area contributed by atoms with E-state index in [4.69, 9.17) is 0 Å². The van der Waals surface area contributed by atoms with Crippen molar-refractivity contribution in [2.75, 3.05) is 14.1 Å². The van der Waals surface area contributed by atoms with E-state index in [9.17, 15) is 10.2 Å². The van der Waals surface area contributed by atoms with Gasteiger partial charge in [0.05, 0.1) is 0 Å². The second-order valence-corrected chi connectivity index (χ2v) is 3.24. The number of hydrogen-bond acceptors (Lipinski definition) is 3. The van der Waals surface area contributed by atoms with Crippen molar-refractivity contribution in [3.05, 3.63) is 0 Å². The Morgan fingerprint density at radius 2 is 1.50 bits per heavy atom. The zero-order valence-corrected chi connectivity index (χ0v) is 6.57. The van der Waals surface area contributed by atoms with Gasteiger partial charge in [-0.1, -0.05) is 12.8 Å². The highest BCUT2D eigenvalue weighted by molar-refractivity contribution is 4.98. The first kappa shape index (κ1) is 7.98. The molecule has 0 aliphatic heterocycles. The minimum absolute atomic E-state index is 0.188. The van der Waals surface area contributed by atoms with Crippen LogP contribution in [0.25, 0.3) is 0 Å². The largest absolute Gasteiger partial charge is 0.851 e. The molecule has 0 radical (unpaired) electrons. The van der Waals surface area contributed by atoms with E-state index in [0.717, 1.165) is 0 Å². The summed E-state index contributed by atoms with van der Waals surface area (Å²) in [4.78, 5) is 1.73. The van der Waals surface area contributed by atoms with E-state index in [2.05, 4.69) is 0 Å². The third kappa shape index (κ3) is 0.944. The van der Waals surface area contributed by atoms with E-state index < -0.39 is 12.2 Å². The molecule has 0 saturated heterocycles. The zero-order chi connectivity index (χ0) is 7.89. The molecule has 2 unspecified atom stereocenters. The van der Waals surface area contributed by atoms with Gasteiger partial charge in [-0.15, -0.1) is 12.2 Å². The topological polar surface area (TPSA) is 49.4 Å². The summed E-state index contributed by atoms with van der Waals surface area (Å²) in [7, 11) is 3.57. The minimum atomic E-state index is -0.669. The molecule has 0 aromatic carbocycles. The van der Waals surface area contributed by atoms with E-state index in [0.29, 0.717) is 0 Å². The maximum atomic E-state index is 11.1. The lowest BCUT2D eigenvalue weighted by Crippen LogP contribution is -2.73. The van der Waals surface area contributed by atoms with Crippen molar-refractivity contribution >= 4 is 0 Å². The summed E-state index contributed by atoms with van der Waals surface area (Å²) in [5.41, 5.74) is 0. The van der Waals surface area contributed by atoms with Gasteiger partial charge >= 0.3 is 0 Å². The van der Waals surface area contributed by atoms with E-state index in [1.54, 1.807) is 25.9 Å². The molecule has 1 aliphatic carbocycles. The summed E-state index contributed by atoms with van der Waals surface area (Å²) in [6, 6.07) is -0.282. The Morgan fingerprint density at radius 1 is 1.10 bits per heavy atom. The minimum Gasteiger partial charge on any atom is -0.851 e. The maximum Gasteiger partial charge on any atom is -0.0135 e. The predicted molar refractivity (Wildman–Crippen MR) is 34.2 cm³/mol. The fourth-order valence-electron chi connectivity index (χ4n) is 1.44. The van der Waals surface area contributed by atoms with Gasteiger partial charge in [0.15, 0.2) is 0 Å². The Morgan fingerprint density at radius 3 is 1.70 bits per heavy atom. The standard InChI is InChI=1S/C7H13NO2/c1-4-6(9)5(7(4)10)8(2)3/h4-7H,1-3H3/q-2. The van der Waals surface area contributed by atoms with Gasteiger partial charge in [-0.05, 0) is 20.1 Å². The van der Waals surface area contributed by atoms with Gasteiger partial charge < -0.3 is 15.1 Å². The molecule has 0 aromatic rings. The van der Waals surface area contributed by atoms with Crippen molar-refractivity contribution in [2.45, 2.75) is 25.2 Å². The second-order valence-electron chi connectivity index (χ2n) is 3.24. The van der Waals surface area contributed by atoms with Gasteiger partial charge in [0, 0.05) is 0 Å². The highest BCUT2D eigenvalue weighted by Crippen LogP contribution is 2.26. The van der Waals surface area contributed by atoms with Crippen LogP contribution in [-0.2, 0) is 0 Å². The predicted octanol–water partition coefficient (Wildman–Crippen LogP) is -1.98. The number of nitrogens with zero attached hydrogens (tertiary/aromatic N) is 1. The Hall–Kier alpha value is -0.120. The average Bonchev–Trinajstić information content (AvgIpc) is 1.87. The third-order valence-corrected chi connectivity index (χ3v) is 2.31. The van der Waals surface area contributed by atoms with Gasteiger partial charge in [0.2, 0.25) is 0 Å². The Balaban J connectivity index is 2.49. The van der Waals surface area contributed by atoms with Crippen molar-refractivity contribution in [2.24, 2.45) is 5.92 Å². The molecule has 3 nitrogen and oxygen atoms in total. The zero-order valence-electron chi connectivity index (χ0n) is 6.57. The van der Waals surface area contributed by atoms with Crippen molar-refractivity contribution in [3.63, 3.8) is 0 Å². The molecule has 1 saturated carbocycles. The fraction of sp³-hybridized carbons (Fsp3) is 1.00. The number of likely N-dealkylation sites (N-methyl/N-ethyl adjacent to an activating group) is 1. The molecular weight excluding hydrogens is 130 g/mol. The molecule has 1 fully saturated rings. The highest BCUT2D eigenvalue weighted by atomic mass is 16.3. The van der Waals surface area contributed by atoms with Crippen LogP contribution >= 0.6 is 0 Å². The molecule has 2 atom stereocenters. The second kappa shape index (κ2) is 2.49. The van der Waals surface area contributed by atoms with E-state index >= 15 is 0 Å². The van der Waals surface area contributed by atoms with Crippen LogP contribution in [0.3, 0.4) is 0 Å². The lowest BCUT2D eigenvalue weighted by molar-refractivity contribution is -0.554. The molecule has 60 valence electrons. The molecule has 0 aromatic heterocycles. The molecule has 0 amide bonds. The molecular formula is C7H13NO2-2. The van der Waals surface area contributed by atoms with E-state index in [1.807, 2.05) is 0 Å². The number of rotatable bonds is 1. The Kier molecular flexibility index (Phi) is 1.99. The van der Waals surface area contributed by atoms with Crippen LogP contribution in [0.4, 0.5) is 0 Å². The first-order chi connectivity index (χ1) is 4.55. The summed E-state index contributed by atoms with van der Waals surface area (Å²) in [5, 5.41) is 22.1. The monoisotopic (exact) mass is 143 g/mol. The van der Waals surface area contributed by atoms with Crippen molar-refractivity contribution in [1.82, 2.24) is 4.90 Å². The van der Waals surface area contributed by atoms with Gasteiger partial charge in [-0.25, -0.2) is 0 Å². The molecule has 1 aliphatic rings. The van der Waals surface area contributed by atoms with Crippen LogP contribution in [0.2, 0.25) is 0 Å². The summed E-state index contributed by atoms with van der Waals surface area (Å²) >= 11 is 0. The quantitative estimate of drug-likeness (QED) is 0.427. The molecule has 0 N–H and O–H groups in total. The summed E-state index contributed by atoms with van der Waals surface area (Å²) in [5.74, 6) is -0.188. The average molecular weight is 143 g/mol. The lowest BCUT2D eigenvalue weighted by Gasteiger charge is -2.62. The molecule has 0 heterocycles. The smallest absolute Gasteiger partial charge is 0.0135 e. The van der Waals surface area contributed by atoms with Crippen molar-refractivity contribution < 1.29 is 10.2 Å². The molecule has 0 spiro atoms. The first-order valence-corrected chi connectivity index (χ1v) is 3.53. The van der Waals surface area contributed by atoms with Crippen molar-refractivity contribution in [1.29, 1.82) is 0 Å². The first-order valence-electron chi connectivity index (χ1n) is 3.53. The molecule has 1 rings (SSSR count). The summed E-state index contributed by atoms with van der Waals surface area (Å²) in [6.07, 6.45) is -1.34. The van der Waals surface area contributed by atoms with Crippen LogP contribution in [0.15, 0.2) is 0 Å². The SMILES string of the molecule is CC1C([O-])C(N(C)C)C1[O-]. The van der Waals surface area contributed by atoms with Gasteiger partial charge in [-0.3, -0.25) is 0 Å². The Labute approximate surface area is 61.3 Å². The fourth-order valence-corrected chi connectivity index (χ4v) is 1.44. The van der Waals surface area contributed by atoms with Gasteiger partial charge in [0.1, 0.15) is 0 Å². The third-order valence-electron chi connectivity index (χ3n) is 2.31. The summed E-state index contributed by atoms with van der Waals surface area (Å²) < 4.78 is 0. The maximum absolute atomic E-state index is 11.1. The van der Waals surface area contributed by atoms with Crippen LogP contribution < -0.4 is 10.2 Å². The molecule has 0 bridgehead atoms. The normalized spacial score (nSPS) is 47.4. The number of hydrogen-bond donors (Lipinski definition) is 0. The van der Waals surface area contributed by atoms with E-state index in [1.165, 1.54) is 0 Å². The van der Waals surface area contributed by atoms with Gasteiger partial charge in [-0.2, -0.15) is 0 Å². The van der Waals surface area contributed by atoms with Gasteiger partial charge in [0.25, 0.3) is 0 Å². The Bertz CT molecular complexity index is 117. The van der Waals surface area contributed by atoms with Crippen LogP contribution in [0.5, 0.6) is 0 Å². The molecule has 3 heteroatoms. The van der Waals surface area contributed by atoms with E-state index in [-0.39, 0.29) is 12.0 Å². The van der Waals surface area contributed by atoms with Crippen molar-refractivity contribution in [3.8, 4) is 0 Å². The van der Waals surface area contributed by atoms with Crippen LogP contribution in [-0.4, -0.2) is 37.2 Å². The van der Waals surface area contributed by atoms with Crippen LogP contribution in [0, 0.1) is 5.92 Å². The molecule has 10 heavy (non-hydrogen) atoms. The highest BCUT2D eigenvalue weighted by Gasteiger charge is 2.34. The lowest BCUT2D eigenvalue weighted by atomic mass is 9.74.